The van der Waals surface area contributed by atoms with E-state index < -0.39 is 6.04 Å². The molecule has 0 aliphatic carbocycles. The number of ether oxygens (including phenoxy) is 4. The van der Waals surface area contributed by atoms with Crippen molar-refractivity contribution in [3.63, 3.8) is 0 Å². The van der Waals surface area contributed by atoms with Gasteiger partial charge in [0.05, 0.1) is 39.0 Å². The van der Waals surface area contributed by atoms with Crippen molar-refractivity contribution in [1.82, 2.24) is 15.5 Å². The van der Waals surface area contributed by atoms with E-state index in [0.29, 0.717) is 65.5 Å². The van der Waals surface area contributed by atoms with Gasteiger partial charge in [0, 0.05) is 29.9 Å². The van der Waals surface area contributed by atoms with Crippen molar-refractivity contribution < 1.29 is 28.5 Å². The van der Waals surface area contributed by atoms with E-state index in [4.69, 9.17) is 31.2 Å². The third-order valence-electron chi connectivity index (χ3n) is 6.40. The molecule has 37 heavy (non-hydrogen) atoms. The van der Waals surface area contributed by atoms with Crippen LogP contribution in [0.5, 0.6) is 17.2 Å². The first kappa shape index (κ1) is 26.4. The van der Waals surface area contributed by atoms with Crippen molar-refractivity contribution in [2.75, 3.05) is 40.5 Å². The van der Waals surface area contributed by atoms with E-state index in [-0.39, 0.29) is 18.3 Å². The van der Waals surface area contributed by atoms with Crippen molar-refractivity contribution >= 4 is 29.0 Å². The number of morpholine rings is 1. The third kappa shape index (κ3) is 5.86. The first-order valence-corrected chi connectivity index (χ1v) is 12.4. The summed E-state index contributed by atoms with van der Waals surface area (Å²) in [6, 6.07) is 10.4. The lowest BCUT2D eigenvalue weighted by Crippen LogP contribution is -2.49. The van der Waals surface area contributed by atoms with Crippen molar-refractivity contribution in [1.29, 1.82) is 0 Å². The Balaban J connectivity index is 1.58. The summed E-state index contributed by atoms with van der Waals surface area (Å²) >= 11 is 5.40. The number of benzene rings is 2. The Morgan fingerprint density at radius 2 is 1.78 bits per heavy atom. The number of Topliss-reactive ketones (excluding diaryl/α,β-unsaturated/α-hetero) is 1. The molecule has 0 saturated carbocycles. The molecule has 2 aromatic rings. The van der Waals surface area contributed by atoms with Gasteiger partial charge >= 0.3 is 0 Å². The van der Waals surface area contributed by atoms with E-state index in [0.717, 1.165) is 11.1 Å². The SMILES string of the molecule is COc1cc(C(C)=O)ccc1COc1ccc(C2NC(=S)NC(C)=C2C(=O)N2CCOCC2)cc1OC. The molecule has 1 fully saturated rings. The highest BCUT2D eigenvalue weighted by Crippen LogP contribution is 2.36. The fourth-order valence-electron chi connectivity index (χ4n) is 4.39. The number of hydrogen-bond donors (Lipinski definition) is 2. The van der Waals surface area contributed by atoms with Crippen molar-refractivity contribution in [2.45, 2.75) is 26.5 Å². The Kier molecular flexibility index (Phi) is 8.30. The van der Waals surface area contributed by atoms with Crippen molar-refractivity contribution in [2.24, 2.45) is 0 Å². The Bertz CT molecular complexity index is 1240. The molecule has 4 rings (SSSR count). The number of nitrogens with one attached hydrogen (secondary N) is 2. The molecule has 1 saturated heterocycles. The summed E-state index contributed by atoms with van der Waals surface area (Å²) in [7, 11) is 3.12. The summed E-state index contributed by atoms with van der Waals surface area (Å²) < 4.78 is 22.5. The van der Waals surface area contributed by atoms with Gasteiger partial charge in [0.15, 0.2) is 22.4 Å². The van der Waals surface area contributed by atoms with E-state index in [1.165, 1.54) is 6.92 Å². The van der Waals surface area contributed by atoms with Gasteiger partial charge in [0.2, 0.25) is 0 Å². The molecule has 2 N–H and O–H groups in total. The molecule has 1 unspecified atom stereocenters. The second kappa shape index (κ2) is 11.6. The van der Waals surface area contributed by atoms with E-state index in [1.807, 2.05) is 31.2 Å². The number of methoxy groups -OCH3 is 2. The van der Waals surface area contributed by atoms with Gasteiger partial charge in [0.25, 0.3) is 5.91 Å². The number of hydrogen-bond acceptors (Lipinski definition) is 7. The Morgan fingerprint density at radius 1 is 1.05 bits per heavy atom. The van der Waals surface area contributed by atoms with Crippen molar-refractivity contribution in [3.8, 4) is 17.2 Å². The van der Waals surface area contributed by atoms with Crippen LogP contribution in [0, 0.1) is 0 Å². The smallest absolute Gasteiger partial charge is 0.254 e. The number of nitrogens with zero attached hydrogens (tertiary/aromatic N) is 1. The number of amides is 1. The maximum absolute atomic E-state index is 13.5. The van der Waals surface area contributed by atoms with E-state index in [1.54, 1.807) is 31.3 Å². The number of carbonyl (C=O) groups excluding carboxylic acids is 2. The minimum atomic E-state index is -0.453. The van der Waals surface area contributed by atoms with Gasteiger partial charge in [0.1, 0.15) is 12.4 Å². The third-order valence-corrected chi connectivity index (χ3v) is 6.62. The van der Waals surface area contributed by atoms with Gasteiger partial charge in [-0.2, -0.15) is 0 Å². The van der Waals surface area contributed by atoms with E-state index in [2.05, 4.69) is 10.6 Å². The number of allylic oxidation sites excluding steroid dienone is 1. The van der Waals surface area contributed by atoms with Crippen LogP contribution in [0.4, 0.5) is 0 Å². The van der Waals surface area contributed by atoms with Gasteiger partial charge in [-0.3, -0.25) is 9.59 Å². The Hall–Kier alpha value is -3.63. The van der Waals surface area contributed by atoms with Gasteiger partial charge in [-0.25, -0.2) is 0 Å². The Labute approximate surface area is 221 Å². The average Bonchev–Trinajstić information content (AvgIpc) is 2.91. The molecule has 196 valence electrons. The lowest BCUT2D eigenvalue weighted by molar-refractivity contribution is -0.131. The monoisotopic (exact) mass is 525 g/mol. The molecule has 0 bridgehead atoms. The normalized spacial score (nSPS) is 17.6. The average molecular weight is 526 g/mol. The maximum atomic E-state index is 13.5. The van der Waals surface area contributed by atoms with Crippen LogP contribution in [-0.4, -0.2) is 62.2 Å². The molecule has 1 amide bonds. The van der Waals surface area contributed by atoms with Gasteiger partial charge in [-0.1, -0.05) is 18.2 Å². The highest BCUT2D eigenvalue weighted by atomic mass is 32.1. The van der Waals surface area contributed by atoms with Crippen LogP contribution in [0.25, 0.3) is 0 Å². The molecule has 1 atom stereocenters. The minimum absolute atomic E-state index is 0.0372. The molecule has 9 nitrogen and oxygen atoms in total. The first-order valence-electron chi connectivity index (χ1n) is 12.0. The number of thiocarbonyl (C=S) groups is 1. The zero-order valence-corrected chi connectivity index (χ0v) is 22.2. The van der Waals surface area contributed by atoms with E-state index in [9.17, 15) is 9.59 Å². The highest BCUT2D eigenvalue weighted by Gasteiger charge is 2.33. The summed E-state index contributed by atoms with van der Waals surface area (Å²) in [5.74, 6) is 1.52. The minimum Gasteiger partial charge on any atom is -0.496 e. The summed E-state index contributed by atoms with van der Waals surface area (Å²) in [6.45, 7) is 5.70. The lowest BCUT2D eigenvalue weighted by Gasteiger charge is -2.35. The van der Waals surface area contributed by atoms with Crippen LogP contribution < -0.4 is 24.8 Å². The summed E-state index contributed by atoms with van der Waals surface area (Å²) in [5.41, 5.74) is 3.49. The fraction of sp³-hybridized carbons (Fsp3) is 0.370. The summed E-state index contributed by atoms with van der Waals surface area (Å²) in [4.78, 5) is 27.0. The molecule has 0 aromatic heterocycles. The van der Waals surface area contributed by atoms with Crippen LogP contribution in [0.3, 0.4) is 0 Å². The lowest BCUT2D eigenvalue weighted by atomic mass is 9.94. The molecule has 2 aromatic carbocycles. The zero-order valence-electron chi connectivity index (χ0n) is 21.4. The number of ketones is 1. The molecule has 0 spiro atoms. The largest absolute Gasteiger partial charge is 0.496 e. The van der Waals surface area contributed by atoms with Crippen LogP contribution in [0.15, 0.2) is 47.7 Å². The topological polar surface area (TPSA) is 98.4 Å². The molecule has 2 aliphatic heterocycles. The zero-order chi connectivity index (χ0) is 26.5. The van der Waals surface area contributed by atoms with Crippen LogP contribution in [0.1, 0.15) is 41.4 Å². The standard InChI is InChI=1S/C27H31N3O6S/c1-16-24(26(32)30-9-11-35-12-10-30)25(29-27(37)28-16)19-7-8-21(23(14-19)34-4)36-15-20-6-5-18(17(2)31)13-22(20)33-3/h5-8,13-14,25H,9-12,15H2,1-4H3,(H2,28,29,37). The maximum Gasteiger partial charge on any atom is 0.254 e. The molecule has 2 heterocycles. The Morgan fingerprint density at radius 3 is 2.46 bits per heavy atom. The predicted molar refractivity (Wildman–Crippen MR) is 142 cm³/mol. The van der Waals surface area contributed by atoms with Gasteiger partial charge in [-0.15, -0.1) is 0 Å². The molecule has 2 aliphatic rings. The number of rotatable bonds is 8. The quantitative estimate of drug-likeness (QED) is 0.398. The molecular formula is C27H31N3O6S. The second-order valence-corrected chi connectivity index (χ2v) is 9.16. The van der Waals surface area contributed by atoms with Crippen LogP contribution in [-0.2, 0) is 16.1 Å². The van der Waals surface area contributed by atoms with Crippen molar-refractivity contribution in [3.05, 3.63) is 64.4 Å². The summed E-state index contributed by atoms with van der Waals surface area (Å²) in [5, 5.41) is 6.76. The predicted octanol–water partition coefficient (Wildman–Crippen LogP) is 3.14. The van der Waals surface area contributed by atoms with Gasteiger partial charge in [-0.05, 0) is 49.8 Å². The fourth-order valence-corrected chi connectivity index (χ4v) is 4.66. The van der Waals surface area contributed by atoms with Crippen LogP contribution >= 0.6 is 12.2 Å². The highest BCUT2D eigenvalue weighted by molar-refractivity contribution is 7.80. The van der Waals surface area contributed by atoms with Crippen LogP contribution in [0.2, 0.25) is 0 Å². The van der Waals surface area contributed by atoms with Gasteiger partial charge < -0.3 is 34.5 Å². The molecule has 0 radical (unpaired) electrons. The van der Waals surface area contributed by atoms with E-state index >= 15 is 0 Å². The first-order chi connectivity index (χ1) is 17.8. The second-order valence-electron chi connectivity index (χ2n) is 8.76. The molecular weight excluding hydrogens is 494 g/mol. The number of carbonyl (C=O) groups is 2. The summed E-state index contributed by atoms with van der Waals surface area (Å²) in [6.07, 6.45) is 0. The molecule has 10 heteroatoms.